The number of nitrogens with zero attached hydrogens (tertiary/aromatic N) is 4. The fraction of sp³-hybridized carbons (Fsp3) is 0.0395. The Bertz CT molecular complexity index is 4970. The topological polar surface area (TPSA) is 43.6 Å². The van der Waals surface area contributed by atoms with Crippen LogP contribution in [0.3, 0.4) is 0 Å². The van der Waals surface area contributed by atoms with Crippen molar-refractivity contribution in [1.29, 1.82) is 0 Å². The first-order valence-corrected chi connectivity index (χ1v) is 27.6. The molecule has 13 aromatic carbocycles. The SMILES string of the molecule is CC1(C)c2cc(-c3c(-c4ccc5ccccc5c4)ccc4c(-c5ccc6ccccc6c5)cc(-c5ccc6ccccc6c5)cc34)ccc2-c2cc3c4ccccc4n(-c4nc(-c5ccccc5)nc(-c5ccccc5)n4)c3cc21. The standard InChI is InChI=1S/C76H50N4/c1-76(2)68-44-58(35-36-62(68)65-45-66-63-27-15-16-28-70(63)80(71(66)46-69(65)76)75-78-73(50-20-5-3-6-21-50)77-74(79-75)51-22-7-4-8-23-51)72-60(56-33-30-48-18-10-13-25-53(48)40-56)37-38-61-64(57-34-31-49-19-11-14-26-54(49)41-57)42-59(43-67(61)72)55-32-29-47-17-9-12-24-52(47)39-55/h3-46H,1-2H3. The molecule has 0 radical (unpaired) electrons. The molecule has 0 spiro atoms. The highest BCUT2D eigenvalue weighted by Gasteiger charge is 2.37. The van der Waals surface area contributed by atoms with Crippen molar-refractivity contribution in [3.8, 4) is 84.4 Å². The minimum Gasteiger partial charge on any atom is -0.278 e. The predicted octanol–water partition coefficient (Wildman–Crippen LogP) is 19.9. The van der Waals surface area contributed by atoms with Crippen LogP contribution in [-0.4, -0.2) is 19.5 Å². The Morgan fingerprint density at radius 2 is 0.787 bits per heavy atom. The molecule has 4 heteroatoms. The fourth-order valence-electron chi connectivity index (χ4n) is 12.9. The van der Waals surface area contributed by atoms with E-state index in [-0.39, 0.29) is 5.41 Å². The summed E-state index contributed by atoms with van der Waals surface area (Å²) >= 11 is 0. The van der Waals surface area contributed by atoms with Gasteiger partial charge in [-0.2, -0.15) is 9.97 Å². The Balaban J connectivity index is 0.928. The van der Waals surface area contributed by atoms with Crippen LogP contribution < -0.4 is 0 Å². The molecule has 0 bridgehead atoms. The van der Waals surface area contributed by atoms with Gasteiger partial charge in [-0.15, -0.1) is 0 Å². The molecule has 1 aliphatic rings. The summed E-state index contributed by atoms with van der Waals surface area (Å²) in [5.74, 6) is 1.85. The lowest BCUT2D eigenvalue weighted by atomic mass is 9.80. The maximum absolute atomic E-state index is 5.28. The predicted molar refractivity (Wildman–Crippen MR) is 334 cm³/mol. The van der Waals surface area contributed by atoms with Gasteiger partial charge in [-0.1, -0.05) is 226 Å². The van der Waals surface area contributed by atoms with Crippen molar-refractivity contribution in [3.05, 3.63) is 278 Å². The first-order chi connectivity index (χ1) is 39.4. The van der Waals surface area contributed by atoms with Crippen molar-refractivity contribution < 1.29 is 0 Å². The summed E-state index contributed by atoms with van der Waals surface area (Å²) in [6.45, 7) is 4.79. The molecule has 16 rings (SSSR count). The number of benzene rings is 13. The number of aromatic nitrogens is 4. The second-order valence-corrected chi connectivity index (χ2v) is 22.0. The number of para-hydroxylation sites is 1. The molecule has 4 nitrogen and oxygen atoms in total. The first kappa shape index (κ1) is 45.9. The maximum atomic E-state index is 5.28. The fourth-order valence-corrected chi connectivity index (χ4v) is 12.9. The quantitative estimate of drug-likeness (QED) is 0.160. The third kappa shape index (κ3) is 7.33. The van der Waals surface area contributed by atoms with E-state index in [0.29, 0.717) is 17.6 Å². The Kier molecular flexibility index (Phi) is 10.3. The van der Waals surface area contributed by atoms with E-state index in [1.165, 1.54) is 110 Å². The average Bonchev–Trinajstić information content (AvgIpc) is 4.16. The molecular weight excluding hydrogens is 969 g/mol. The molecule has 0 fully saturated rings. The molecular formula is C76H50N4. The third-order valence-corrected chi connectivity index (χ3v) is 17.0. The zero-order valence-electron chi connectivity index (χ0n) is 44.2. The summed E-state index contributed by atoms with van der Waals surface area (Å²) < 4.78 is 2.25. The van der Waals surface area contributed by atoms with E-state index in [1.807, 2.05) is 36.4 Å². The molecule has 2 aromatic heterocycles. The smallest absolute Gasteiger partial charge is 0.238 e. The highest BCUT2D eigenvalue weighted by Crippen LogP contribution is 2.53. The Labute approximate surface area is 463 Å². The van der Waals surface area contributed by atoms with Crippen LogP contribution in [0.1, 0.15) is 25.0 Å². The Morgan fingerprint density at radius 3 is 1.43 bits per heavy atom. The van der Waals surface area contributed by atoms with Crippen molar-refractivity contribution in [2.75, 3.05) is 0 Å². The van der Waals surface area contributed by atoms with Gasteiger partial charge in [-0.3, -0.25) is 4.57 Å². The number of rotatable bonds is 7. The van der Waals surface area contributed by atoms with Crippen LogP contribution >= 0.6 is 0 Å². The molecule has 0 amide bonds. The highest BCUT2D eigenvalue weighted by molar-refractivity contribution is 6.14. The van der Waals surface area contributed by atoms with Gasteiger partial charge in [-0.05, 0) is 164 Å². The number of hydrogen-bond acceptors (Lipinski definition) is 3. The lowest BCUT2D eigenvalue weighted by Gasteiger charge is -2.23. The lowest BCUT2D eigenvalue weighted by molar-refractivity contribution is 0.661. The first-order valence-electron chi connectivity index (χ1n) is 27.6. The van der Waals surface area contributed by atoms with Crippen molar-refractivity contribution in [2.45, 2.75) is 19.3 Å². The van der Waals surface area contributed by atoms with Gasteiger partial charge in [0.15, 0.2) is 11.6 Å². The van der Waals surface area contributed by atoms with E-state index in [1.54, 1.807) is 0 Å². The minimum atomic E-state index is -0.375. The van der Waals surface area contributed by atoms with E-state index in [4.69, 9.17) is 15.0 Å². The summed E-state index contributed by atoms with van der Waals surface area (Å²) in [5.41, 5.74) is 18.3. The Hall–Kier alpha value is -10.3. The summed E-state index contributed by atoms with van der Waals surface area (Å²) in [7, 11) is 0. The second-order valence-electron chi connectivity index (χ2n) is 22.0. The van der Waals surface area contributed by atoms with Gasteiger partial charge in [0.2, 0.25) is 5.95 Å². The van der Waals surface area contributed by atoms with E-state index in [0.717, 1.165) is 32.9 Å². The zero-order chi connectivity index (χ0) is 53.1. The maximum Gasteiger partial charge on any atom is 0.238 e. The van der Waals surface area contributed by atoms with E-state index < -0.39 is 0 Å². The van der Waals surface area contributed by atoms with Crippen LogP contribution in [-0.2, 0) is 5.41 Å². The van der Waals surface area contributed by atoms with Crippen LogP contribution in [0, 0.1) is 0 Å². The van der Waals surface area contributed by atoms with Gasteiger partial charge in [0.1, 0.15) is 0 Å². The normalized spacial score (nSPS) is 12.7. The van der Waals surface area contributed by atoms with E-state index >= 15 is 0 Å². The summed E-state index contributed by atoms with van der Waals surface area (Å²) in [4.78, 5) is 15.6. The van der Waals surface area contributed by atoms with Gasteiger partial charge in [-0.25, -0.2) is 4.98 Å². The molecule has 0 saturated heterocycles. The van der Waals surface area contributed by atoms with Crippen molar-refractivity contribution in [2.24, 2.45) is 0 Å². The molecule has 0 saturated carbocycles. The van der Waals surface area contributed by atoms with Crippen LogP contribution in [0.2, 0.25) is 0 Å². The monoisotopic (exact) mass is 1020 g/mol. The lowest BCUT2D eigenvalue weighted by Crippen LogP contribution is -2.15. The van der Waals surface area contributed by atoms with Crippen LogP contribution in [0.25, 0.3) is 149 Å². The molecule has 374 valence electrons. The van der Waals surface area contributed by atoms with Gasteiger partial charge >= 0.3 is 0 Å². The Morgan fingerprint density at radius 1 is 0.275 bits per heavy atom. The second kappa shape index (κ2) is 17.9. The van der Waals surface area contributed by atoms with E-state index in [2.05, 4.69) is 249 Å². The molecule has 80 heavy (non-hydrogen) atoms. The van der Waals surface area contributed by atoms with Crippen LogP contribution in [0.4, 0.5) is 0 Å². The molecule has 0 atom stereocenters. The molecule has 0 aliphatic heterocycles. The molecule has 0 unspecified atom stereocenters. The highest BCUT2D eigenvalue weighted by atomic mass is 15.2. The largest absolute Gasteiger partial charge is 0.278 e. The zero-order valence-corrected chi connectivity index (χ0v) is 44.2. The minimum absolute atomic E-state index is 0.375. The summed E-state index contributed by atoms with van der Waals surface area (Å²) in [6, 6.07) is 97.7. The summed E-state index contributed by atoms with van der Waals surface area (Å²) in [6.07, 6.45) is 0. The molecule has 15 aromatic rings. The van der Waals surface area contributed by atoms with Gasteiger partial charge in [0, 0.05) is 27.3 Å². The van der Waals surface area contributed by atoms with Crippen molar-refractivity contribution in [1.82, 2.24) is 19.5 Å². The van der Waals surface area contributed by atoms with Crippen LogP contribution in [0.5, 0.6) is 0 Å². The number of fused-ring (bicyclic) bond motifs is 10. The van der Waals surface area contributed by atoms with Crippen molar-refractivity contribution >= 4 is 64.9 Å². The molecule has 1 aliphatic carbocycles. The third-order valence-electron chi connectivity index (χ3n) is 17.0. The van der Waals surface area contributed by atoms with Gasteiger partial charge < -0.3 is 0 Å². The van der Waals surface area contributed by atoms with Crippen molar-refractivity contribution in [3.63, 3.8) is 0 Å². The van der Waals surface area contributed by atoms with E-state index in [9.17, 15) is 0 Å². The van der Waals surface area contributed by atoms with Crippen LogP contribution in [0.15, 0.2) is 267 Å². The molecule has 2 heterocycles. The van der Waals surface area contributed by atoms with Gasteiger partial charge in [0.25, 0.3) is 0 Å². The molecule has 0 N–H and O–H groups in total. The summed E-state index contributed by atoms with van der Waals surface area (Å²) in [5, 5.41) is 12.1. The van der Waals surface area contributed by atoms with Gasteiger partial charge in [0.05, 0.1) is 11.0 Å². The average molecular weight is 1020 g/mol. The number of hydrogen-bond donors (Lipinski definition) is 0.